The van der Waals surface area contributed by atoms with Gasteiger partial charge >= 0.3 is 0 Å². The van der Waals surface area contributed by atoms with Crippen LogP contribution in [0.1, 0.15) is 72.1 Å². The van der Waals surface area contributed by atoms with Gasteiger partial charge in [-0.15, -0.1) is 0 Å². The summed E-state index contributed by atoms with van der Waals surface area (Å²) in [6.45, 7) is 2.24. The highest BCUT2D eigenvalue weighted by Gasteiger charge is 2.58. The molecule has 0 bridgehead atoms. The van der Waals surface area contributed by atoms with Crippen molar-refractivity contribution in [2.24, 2.45) is 17.3 Å². The summed E-state index contributed by atoms with van der Waals surface area (Å²) < 4.78 is 7.57. The van der Waals surface area contributed by atoms with Gasteiger partial charge in [0.15, 0.2) is 11.4 Å². The van der Waals surface area contributed by atoms with E-state index in [0.29, 0.717) is 23.5 Å². The number of ether oxygens (including phenoxy) is 1. The molecule has 5 atom stereocenters. The number of aromatic nitrogens is 4. The first-order chi connectivity index (χ1) is 21.5. The first-order valence-corrected chi connectivity index (χ1v) is 16.6. The zero-order chi connectivity index (χ0) is 29.8. The Kier molecular flexibility index (Phi) is 6.82. The number of carbonyl (C=O) groups is 1. The highest BCUT2D eigenvalue weighted by Crippen LogP contribution is 2.62. The average Bonchev–Trinajstić information content (AvgIpc) is 3.62. The summed E-state index contributed by atoms with van der Waals surface area (Å²) in [6.07, 6.45) is 8.47. The number of benzene rings is 3. The molecule has 3 aliphatic carbocycles. The van der Waals surface area contributed by atoms with E-state index in [1.165, 1.54) is 22.3 Å². The molecule has 222 valence electrons. The van der Waals surface area contributed by atoms with Crippen molar-refractivity contribution < 1.29 is 9.53 Å². The van der Waals surface area contributed by atoms with E-state index < -0.39 is 0 Å². The van der Waals surface area contributed by atoms with Crippen LogP contribution in [0.15, 0.2) is 96.5 Å². The predicted octanol–water partition coefficient (Wildman–Crippen LogP) is 7.99. The van der Waals surface area contributed by atoms with Gasteiger partial charge in [0.1, 0.15) is 22.6 Å². The van der Waals surface area contributed by atoms with Crippen LogP contribution in [0.3, 0.4) is 0 Å². The molecule has 2 saturated carbocycles. The topological polar surface area (TPSA) is 69.9 Å². The van der Waals surface area contributed by atoms with Crippen LogP contribution < -0.4 is 4.74 Å². The lowest BCUT2D eigenvalue weighted by molar-refractivity contribution is -0.131. The maximum Gasteiger partial charge on any atom is 0.165 e. The number of ketones is 1. The fourth-order valence-electron chi connectivity index (χ4n) is 8.56. The number of imidazole rings is 1. The second-order valence-electron chi connectivity index (χ2n) is 12.9. The molecular weight excluding hydrogens is 565 g/mol. The lowest BCUT2D eigenvalue weighted by Crippen LogP contribution is -2.42. The molecule has 8 rings (SSSR count). The third kappa shape index (κ3) is 4.39. The summed E-state index contributed by atoms with van der Waals surface area (Å²) in [7, 11) is 1.74. The highest BCUT2D eigenvalue weighted by molar-refractivity contribution is 7.99. The molecule has 0 saturated heterocycles. The Morgan fingerprint density at radius 1 is 0.955 bits per heavy atom. The number of hydrogen-bond donors (Lipinski definition) is 0. The highest BCUT2D eigenvalue weighted by atomic mass is 32.2. The number of hydrogen-bond acceptors (Lipinski definition) is 6. The molecule has 3 aromatic carbocycles. The molecule has 0 N–H and O–H groups in total. The molecule has 0 spiro atoms. The van der Waals surface area contributed by atoms with Crippen LogP contribution >= 0.6 is 11.8 Å². The monoisotopic (exact) mass is 600 g/mol. The maximum absolute atomic E-state index is 14.3. The fourth-order valence-corrected chi connectivity index (χ4v) is 9.73. The van der Waals surface area contributed by atoms with Crippen LogP contribution in [0.4, 0.5) is 0 Å². The van der Waals surface area contributed by atoms with Crippen molar-refractivity contribution in [1.29, 1.82) is 0 Å². The summed E-state index contributed by atoms with van der Waals surface area (Å²) >= 11 is 1.69. The van der Waals surface area contributed by atoms with E-state index in [-0.39, 0.29) is 16.7 Å². The van der Waals surface area contributed by atoms with E-state index in [2.05, 4.69) is 78.2 Å². The molecular formula is C37H36N4O2S. The third-order valence-corrected chi connectivity index (χ3v) is 12.1. The van der Waals surface area contributed by atoms with Crippen LogP contribution in [-0.4, -0.2) is 32.4 Å². The molecule has 6 nitrogen and oxygen atoms in total. The van der Waals surface area contributed by atoms with Gasteiger partial charge in [0.2, 0.25) is 0 Å². The van der Waals surface area contributed by atoms with E-state index in [1.54, 1.807) is 25.2 Å². The van der Waals surface area contributed by atoms with E-state index in [9.17, 15) is 4.79 Å². The molecule has 0 aliphatic heterocycles. The van der Waals surface area contributed by atoms with E-state index in [4.69, 9.17) is 19.7 Å². The van der Waals surface area contributed by atoms with Gasteiger partial charge in [-0.3, -0.25) is 4.79 Å². The van der Waals surface area contributed by atoms with E-state index in [0.717, 1.165) is 54.0 Å². The van der Waals surface area contributed by atoms with Gasteiger partial charge < -0.3 is 9.30 Å². The molecule has 44 heavy (non-hydrogen) atoms. The Morgan fingerprint density at radius 2 is 1.70 bits per heavy atom. The van der Waals surface area contributed by atoms with Crippen molar-refractivity contribution >= 4 is 28.7 Å². The number of Topliss-reactive ketones (excluding diaryl/α,β-unsaturated/α-hetero) is 1. The zero-order valence-electron chi connectivity index (χ0n) is 25.1. The van der Waals surface area contributed by atoms with Gasteiger partial charge in [0.25, 0.3) is 0 Å². The Hall–Kier alpha value is -3.97. The second-order valence-corrected chi connectivity index (χ2v) is 14.0. The smallest absolute Gasteiger partial charge is 0.165 e. The van der Waals surface area contributed by atoms with E-state index in [1.807, 2.05) is 18.5 Å². The van der Waals surface area contributed by atoms with Gasteiger partial charge in [0.05, 0.1) is 24.7 Å². The number of nitrogens with zero attached hydrogens (tertiary/aromatic N) is 4. The van der Waals surface area contributed by atoms with Crippen LogP contribution in [0.2, 0.25) is 0 Å². The van der Waals surface area contributed by atoms with Crippen molar-refractivity contribution in [2.75, 3.05) is 7.11 Å². The number of fused-ring (bicyclic) bond motifs is 6. The zero-order valence-corrected chi connectivity index (χ0v) is 25.9. The van der Waals surface area contributed by atoms with Crippen molar-refractivity contribution in [3.05, 3.63) is 114 Å². The Bertz CT molecular complexity index is 1800. The number of methoxy groups -OCH3 is 1. The summed E-state index contributed by atoms with van der Waals surface area (Å²) in [4.78, 5) is 28.6. The van der Waals surface area contributed by atoms with Crippen LogP contribution in [-0.2, 0) is 11.2 Å². The van der Waals surface area contributed by atoms with Crippen molar-refractivity contribution in [2.45, 2.75) is 61.3 Å². The maximum atomic E-state index is 14.3. The summed E-state index contributed by atoms with van der Waals surface area (Å²) in [5.74, 6) is 2.65. The summed E-state index contributed by atoms with van der Waals surface area (Å²) in [5.41, 5.74) is 6.50. The third-order valence-electron chi connectivity index (χ3n) is 10.8. The standard InChI is InChI=1S/C37H36N4O2S/c1-37-18-17-28-27-16-14-26(43-2)19-25(27)13-15-29(28)30(37)20-31(34(37)42)41-22-40-32-35(41)38-21-39-36(32)44-33(23-9-5-3-6-10-23)24-11-7-4-8-12-24/h3-12,14,16,19,21-22,28-31,33H,13,15,17-18,20H2,1-2H3/t28-,29-,30+,31?,37+/m1/s1. The Morgan fingerprint density at radius 3 is 2.43 bits per heavy atom. The molecule has 0 amide bonds. The van der Waals surface area contributed by atoms with Crippen LogP contribution in [0.25, 0.3) is 11.2 Å². The number of thioether (sulfide) groups is 1. The predicted molar refractivity (Wildman–Crippen MR) is 173 cm³/mol. The molecule has 1 unspecified atom stereocenters. The molecule has 2 fully saturated rings. The first-order valence-electron chi connectivity index (χ1n) is 15.7. The van der Waals surface area contributed by atoms with Crippen molar-refractivity contribution in [3.63, 3.8) is 0 Å². The molecule has 7 heteroatoms. The second kappa shape index (κ2) is 10.9. The first kappa shape index (κ1) is 27.6. The Labute approximate surface area is 262 Å². The lowest BCUT2D eigenvalue weighted by atomic mass is 9.55. The number of carbonyl (C=O) groups excluding carboxylic acids is 1. The summed E-state index contributed by atoms with van der Waals surface area (Å²) in [6, 6.07) is 27.4. The summed E-state index contributed by atoms with van der Waals surface area (Å²) in [5, 5.41) is 0.890. The molecule has 5 aromatic rings. The lowest BCUT2D eigenvalue weighted by Gasteiger charge is -2.48. The van der Waals surface area contributed by atoms with Crippen molar-refractivity contribution in [3.8, 4) is 5.75 Å². The largest absolute Gasteiger partial charge is 0.497 e. The number of aryl methyl sites for hydroxylation is 1. The van der Waals surface area contributed by atoms with Gasteiger partial charge in [-0.25, -0.2) is 15.0 Å². The van der Waals surface area contributed by atoms with E-state index >= 15 is 0 Å². The number of rotatable bonds is 6. The normalized spacial score (nSPS) is 25.9. The average molecular weight is 601 g/mol. The van der Waals surface area contributed by atoms with Crippen LogP contribution in [0.5, 0.6) is 5.75 Å². The van der Waals surface area contributed by atoms with Gasteiger partial charge in [-0.2, -0.15) is 0 Å². The molecule has 2 heterocycles. The minimum Gasteiger partial charge on any atom is -0.497 e. The van der Waals surface area contributed by atoms with Gasteiger partial charge in [-0.05, 0) is 84.2 Å². The quantitative estimate of drug-likeness (QED) is 0.145. The van der Waals surface area contributed by atoms with Gasteiger partial charge in [-0.1, -0.05) is 85.4 Å². The van der Waals surface area contributed by atoms with Gasteiger partial charge in [0, 0.05) is 5.41 Å². The molecule has 0 radical (unpaired) electrons. The Balaban J connectivity index is 1.11. The molecule has 3 aliphatic rings. The minimum atomic E-state index is -0.317. The minimum absolute atomic E-state index is 0.0571. The molecule has 2 aromatic heterocycles. The fraction of sp³-hybridized carbons (Fsp3) is 0.351. The SMILES string of the molecule is COc1ccc2c(c1)CC[C@@H]1[C@@H]2CC[C@]2(C)C(=O)C(n3cnc4c(SC(c5ccccc5)c5ccccc5)ncnc43)C[C@@H]12. The van der Waals surface area contributed by atoms with Crippen LogP contribution in [0, 0.1) is 17.3 Å². The van der Waals surface area contributed by atoms with Crippen molar-refractivity contribution in [1.82, 2.24) is 19.5 Å².